The molecule has 5 aromatic carbocycles. The quantitative estimate of drug-likeness (QED) is 0.273. The maximum absolute atomic E-state index is 3.64. The topological polar surface area (TPSA) is 12.0 Å². The number of rotatable bonds is 3. The predicted octanol–water partition coefficient (Wildman–Crippen LogP) is 9.77. The molecule has 1 heterocycles. The Labute approximate surface area is 209 Å². The van der Waals surface area contributed by atoms with E-state index < -0.39 is 0 Å². The summed E-state index contributed by atoms with van der Waals surface area (Å²) in [6.07, 6.45) is 0. The first-order chi connectivity index (χ1) is 17.1. The molecule has 35 heavy (non-hydrogen) atoms. The Morgan fingerprint density at radius 2 is 1.26 bits per heavy atom. The third-order valence-corrected chi connectivity index (χ3v) is 8.61. The van der Waals surface area contributed by atoms with E-state index in [1.807, 2.05) is 11.3 Å². The third kappa shape index (κ3) is 3.14. The summed E-state index contributed by atoms with van der Waals surface area (Å²) < 4.78 is 2.68. The molecule has 0 radical (unpaired) electrons. The number of fused-ring (bicyclic) bond motifs is 6. The fraction of sp³-hybridized carbons (Fsp3) is 0.0909. The van der Waals surface area contributed by atoms with Gasteiger partial charge in [0.1, 0.15) is 0 Å². The maximum atomic E-state index is 3.64. The summed E-state index contributed by atoms with van der Waals surface area (Å²) in [5.41, 5.74) is 10.3. The van der Waals surface area contributed by atoms with Crippen molar-refractivity contribution in [2.45, 2.75) is 19.3 Å². The van der Waals surface area contributed by atoms with Gasteiger partial charge in [-0.2, -0.15) is 0 Å². The van der Waals surface area contributed by atoms with E-state index in [-0.39, 0.29) is 5.41 Å². The van der Waals surface area contributed by atoms with Gasteiger partial charge in [0.05, 0.1) is 0 Å². The van der Waals surface area contributed by atoms with Crippen molar-refractivity contribution in [1.82, 2.24) is 0 Å². The van der Waals surface area contributed by atoms with Crippen molar-refractivity contribution in [3.63, 3.8) is 0 Å². The average Bonchev–Trinajstić information content (AvgIpc) is 3.38. The van der Waals surface area contributed by atoms with E-state index in [1.54, 1.807) is 0 Å². The molecule has 1 nitrogen and oxygen atoms in total. The van der Waals surface area contributed by atoms with Crippen molar-refractivity contribution in [2.24, 2.45) is 0 Å². The van der Waals surface area contributed by atoms with Gasteiger partial charge in [-0.15, -0.1) is 11.3 Å². The first-order valence-electron chi connectivity index (χ1n) is 12.1. The van der Waals surface area contributed by atoms with E-state index >= 15 is 0 Å². The van der Waals surface area contributed by atoms with Crippen LogP contribution >= 0.6 is 11.3 Å². The molecular formula is C33H25NS. The zero-order chi connectivity index (χ0) is 23.6. The Morgan fingerprint density at radius 1 is 0.571 bits per heavy atom. The smallest absolute Gasteiger partial charge is 0.0387 e. The van der Waals surface area contributed by atoms with Gasteiger partial charge in [-0.05, 0) is 69.8 Å². The SMILES string of the molecule is CC1(C)c2ccccc2-c2ccc(Nc3ccc(-c4cccc5sc6ccccc6c45)cc3)cc21. The summed E-state index contributed by atoms with van der Waals surface area (Å²) in [6.45, 7) is 4.65. The second-order valence-electron chi connectivity index (χ2n) is 9.91. The van der Waals surface area contributed by atoms with Gasteiger partial charge in [0, 0.05) is 37.0 Å². The molecule has 1 aromatic heterocycles. The number of nitrogens with one attached hydrogen (secondary N) is 1. The molecule has 0 saturated carbocycles. The summed E-state index contributed by atoms with van der Waals surface area (Å²) in [6, 6.07) is 39.8. The fourth-order valence-corrected chi connectivity index (χ4v) is 6.83. The zero-order valence-corrected chi connectivity index (χ0v) is 20.6. The van der Waals surface area contributed by atoms with Crippen LogP contribution in [0.1, 0.15) is 25.0 Å². The van der Waals surface area contributed by atoms with Crippen LogP contribution in [0.5, 0.6) is 0 Å². The summed E-state index contributed by atoms with van der Waals surface area (Å²) in [4.78, 5) is 0. The van der Waals surface area contributed by atoms with E-state index in [9.17, 15) is 0 Å². The highest BCUT2D eigenvalue weighted by atomic mass is 32.1. The molecule has 0 bridgehead atoms. The van der Waals surface area contributed by atoms with Crippen molar-refractivity contribution in [3.05, 3.63) is 120 Å². The molecule has 7 rings (SSSR count). The summed E-state index contributed by atoms with van der Waals surface area (Å²) in [5.74, 6) is 0. The summed E-state index contributed by atoms with van der Waals surface area (Å²) >= 11 is 1.87. The van der Waals surface area contributed by atoms with Gasteiger partial charge in [0.15, 0.2) is 0 Å². The minimum absolute atomic E-state index is 0.00939. The van der Waals surface area contributed by atoms with Gasteiger partial charge in [-0.25, -0.2) is 0 Å². The molecule has 0 saturated heterocycles. The van der Waals surface area contributed by atoms with Crippen LogP contribution in [0, 0.1) is 0 Å². The van der Waals surface area contributed by atoms with Gasteiger partial charge in [-0.3, -0.25) is 0 Å². The lowest BCUT2D eigenvalue weighted by molar-refractivity contribution is 0.660. The van der Waals surface area contributed by atoms with Crippen LogP contribution in [0.4, 0.5) is 11.4 Å². The van der Waals surface area contributed by atoms with E-state index in [0.29, 0.717) is 0 Å². The van der Waals surface area contributed by atoms with Crippen LogP contribution in [0.2, 0.25) is 0 Å². The van der Waals surface area contributed by atoms with Gasteiger partial charge in [0.2, 0.25) is 0 Å². The third-order valence-electron chi connectivity index (χ3n) is 7.47. The molecule has 1 N–H and O–H groups in total. The number of hydrogen-bond acceptors (Lipinski definition) is 2. The fourth-order valence-electron chi connectivity index (χ4n) is 5.70. The second-order valence-corrected chi connectivity index (χ2v) is 11.0. The van der Waals surface area contributed by atoms with Crippen molar-refractivity contribution < 1.29 is 0 Å². The molecule has 0 atom stereocenters. The van der Waals surface area contributed by atoms with Crippen LogP contribution in [-0.4, -0.2) is 0 Å². The molecule has 0 aliphatic heterocycles. The summed E-state index contributed by atoms with van der Waals surface area (Å²) in [5, 5.41) is 6.34. The number of hydrogen-bond donors (Lipinski definition) is 1. The Morgan fingerprint density at radius 3 is 2.14 bits per heavy atom. The number of benzene rings is 5. The monoisotopic (exact) mass is 467 g/mol. The highest BCUT2D eigenvalue weighted by Gasteiger charge is 2.35. The van der Waals surface area contributed by atoms with Crippen molar-refractivity contribution >= 4 is 42.9 Å². The van der Waals surface area contributed by atoms with Crippen molar-refractivity contribution in [2.75, 3.05) is 5.32 Å². The van der Waals surface area contributed by atoms with Crippen LogP contribution in [0.15, 0.2) is 109 Å². The van der Waals surface area contributed by atoms with Crippen molar-refractivity contribution in [3.8, 4) is 22.3 Å². The van der Waals surface area contributed by atoms with Crippen LogP contribution < -0.4 is 5.32 Å². The van der Waals surface area contributed by atoms with Gasteiger partial charge in [-0.1, -0.05) is 86.6 Å². The van der Waals surface area contributed by atoms with Crippen molar-refractivity contribution in [1.29, 1.82) is 0 Å². The second kappa shape index (κ2) is 7.56. The molecule has 0 fully saturated rings. The summed E-state index contributed by atoms with van der Waals surface area (Å²) in [7, 11) is 0. The molecule has 2 heteroatoms. The Bertz CT molecular complexity index is 1740. The molecule has 6 aromatic rings. The number of anilines is 2. The van der Waals surface area contributed by atoms with E-state index in [4.69, 9.17) is 0 Å². The van der Waals surface area contributed by atoms with Crippen LogP contribution in [-0.2, 0) is 5.41 Å². The standard InChI is InChI=1S/C33H25NS/c1-33(2)28-11-5-3-8-25(28)26-19-18-23(20-29(26)33)34-22-16-14-21(15-17-22)24-10-7-13-31-32(24)27-9-4-6-12-30(27)35-31/h3-20,34H,1-2H3. The maximum Gasteiger partial charge on any atom is 0.0387 e. The predicted molar refractivity (Wildman–Crippen MR) is 152 cm³/mol. The van der Waals surface area contributed by atoms with Gasteiger partial charge >= 0.3 is 0 Å². The Hall–Kier alpha value is -3.88. The zero-order valence-electron chi connectivity index (χ0n) is 19.8. The minimum Gasteiger partial charge on any atom is -0.356 e. The lowest BCUT2D eigenvalue weighted by Gasteiger charge is -2.22. The van der Waals surface area contributed by atoms with Gasteiger partial charge < -0.3 is 5.32 Å². The normalized spacial score (nSPS) is 13.7. The molecule has 0 unspecified atom stereocenters. The molecule has 168 valence electrons. The van der Waals surface area contributed by atoms with Crippen LogP contribution in [0.3, 0.4) is 0 Å². The van der Waals surface area contributed by atoms with E-state index in [2.05, 4.69) is 128 Å². The molecule has 1 aliphatic rings. The Kier molecular flexibility index (Phi) is 4.43. The molecule has 1 aliphatic carbocycles. The molecular weight excluding hydrogens is 442 g/mol. The highest BCUT2D eigenvalue weighted by molar-refractivity contribution is 7.25. The molecule has 0 amide bonds. The minimum atomic E-state index is 0.00939. The molecule has 0 spiro atoms. The van der Waals surface area contributed by atoms with E-state index in [1.165, 1.54) is 53.6 Å². The highest BCUT2D eigenvalue weighted by Crippen LogP contribution is 2.49. The first kappa shape index (κ1) is 20.5. The first-order valence-corrected chi connectivity index (χ1v) is 12.9. The lowest BCUT2D eigenvalue weighted by atomic mass is 9.82. The van der Waals surface area contributed by atoms with Crippen LogP contribution in [0.25, 0.3) is 42.4 Å². The lowest BCUT2D eigenvalue weighted by Crippen LogP contribution is -2.15. The number of thiophene rings is 1. The van der Waals surface area contributed by atoms with E-state index in [0.717, 1.165) is 11.4 Å². The van der Waals surface area contributed by atoms with Gasteiger partial charge in [0.25, 0.3) is 0 Å². The largest absolute Gasteiger partial charge is 0.356 e. The Balaban J connectivity index is 1.22. The average molecular weight is 468 g/mol.